The molecule has 0 bridgehead atoms. The second-order valence-corrected chi connectivity index (χ2v) is 8.38. The lowest BCUT2D eigenvalue weighted by atomic mass is 9.73. The molecule has 0 saturated carbocycles. The molecule has 1 saturated heterocycles. The van der Waals surface area contributed by atoms with Gasteiger partial charge in [0.25, 0.3) is 0 Å². The van der Waals surface area contributed by atoms with Gasteiger partial charge in [-0.15, -0.1) is 0 Å². The van der Waals surface area contributed by atoms with Crippen LogP contribution in [0.25, 0.3) is 11.1 Å². The molecule has 0 atom stereocenters. The summed E-state index contributed by atoms with van der Waals surface area (Å²) in [6.45, 7) is 1.20. The minimum absolute atomic E-state index is 0.0116. The highest BCUT2D eigenvalue weighted by atomic mass is 19.1. The summed E-state index contributed by atoms with van der Waals surface area (Å²) in [5, 5.41) is 18.7. The van der Waals surface area contributed by atoms with E-state index in [-0.39, 0.29) is 17.6 Å². The maximum absolute atomic E-state index is 14.9. The number of carbonyl (C=O) groups is 1. The van der Waals surface area contributed by atoms with Gasteiger partial charge in [-0.2, -0.15) is 5.26 Å². The maximum Gasteiger partial charge on any atom is 0.407 e. The Kier molecular flexibility index (Phi) is 6.71. The standard InChI is InChI=1S/C27H25FN2O3/c28-25-22(17-29)15-21(20-7-3-1-4-8-20)16-23(25)18-33-19-27(24-9-5-2-6-10-24)11-13-30(14-12-27)26(31)32/h1-10,15-16H,11-14,18-19H2,(H,31,32). The van der Waals surface area contributed by atoms with E-state index in [0.29, 0.717) is 38.1 Å². The van der Waals surface area contributed by atoms with E-state index in [1.54, 1.807) is 12.1 Å². The Morgan fingerprint density at radius 1 is 1.03 bits per heavy atom. The summed E-state index contributed by atoms with van der Waals surface area (Å²) in [6.07, 6.45) is 0.333. The third kappa shape index (κ3) is 4.89. The third-order valence-electron chi connectivity index (χ3n) is 6.39. The van der Waals surface area contributed by atoms with Gasteiger partial charge in [-0.25, -0.2) is 9.18 Å². The minimum atomic E-state index is -0.915. The summed E-state index contributed by atoms with van der Waals surface area (Å²) in [5.41, 5.74) is 2.73. The molecular formula is C27H25FN2O3. The Morgan fingerprint density at radius 3 is 2.27 bits per heavy atom. The van der Waals surface area contributed by atoms with Crippen LogP contribution in [-0.4, -0.2) is 35.8 Å². The first-order valence-electron chi connectivity index (χ1n) is 10.9. The van der Waals surface area contributed by atoms with Crippen LogP contribution in [0.4, 0.5) is 9.18 Å². The molecule has 4 rings (SSSR count). The Morgan fingerprint density at radius 2 is 1.67 bits per heavy atom. The maximum atomic E-state index is 14.9. The summed E-state index contributed by atoms with van der Waals surface area (Å²) >= 11 is 0. The molecule has 1 amide bonds. The molecule has 0 aliphatic carbocycles. The Hall–Kier alpha value is -3.69. The summed E-state index contributed by atoms with van der Waals surface area (Å²) < 4.78 is 21.0. The predicted octanol–water partition coefficient (Wildman–Crippen LogP) is 5.59. The number of hydrogen-bond acceptors (Lipinski definition) is 3. The minimum Gasteiger partial charge on any atom is -0.465 e. The number of nitriles is 1. The largest absolute Gasteiger partial charge is 0.465 e. The lowest BCUT2D eigenvalue weighted by Crippen LogP contribution is -2.47. The van der Waals surface area contributed by atoms with E-state index in [4.69, 9.17) is 4.74 Å². The van der Waals surface area contributed by atoms with Gasteiger partial charge in [-0.1, -0.05) is 60.7 Å². The number of benzene rings is 3. The fraction of sp³-hybridized carbons (Fsp3) is 0.259. The van der Waals surface area contributed by atoms with E-state index in [1.165, 1.54) is 4.90 Å². The number of hydrogen-bond donors (Lipinski definition) is 1. The molecule has 1 heterocycles. The number of rotatable bonds is 6. The predicted molar refractivity (Wildman–Crippen MR) is 123 cm³/mol. The fourth-order valence-corrected chi connectivity index (χ4v) is 4.46. The van der Waals surface area contributed by atoms with E-state index in [9.17, 15) is 19.6 Å². The highest BCUT2D eigenvalue weighted by Gasteiger charge is 2.37. The molecule has 6 heteroatoms. The second-order valence-electron chi connectivity index (χ2n) is 8.38. The molecule has 5 nitrogen and oxygen atoms in total. The van der Waals surface area contributed by atoms with Gasteiger partial charge in [0.05, 0.1) is 18.8 Å². The first kappa shape index (κ1) is 22.5. The monoisotopic (exact) mass is 444 g/mol. The fourth-order valence-electron chi connectivity index (χ4n) is 4.46. The van der Waals surface area contributed by atoms with Gasteiger partial charge in [0, 0.05) is 24.1 Å². The van der Waals surface area contributed by atoms with Crippen molar-refractivity contribution < 1.29 is 19.0 Å². The van der Waals surface area contributed by atoms with Crippen LogP contribution in [0.1, 0.15) is 29.5 Å². The number of carboxylic acid groups (broad SMARTS) is 1. The van der Waals surface area contributed by atoms with Crippen molar-refractivity contribution in [3.8, 4) is 17.2 Å². The van der Waals surface area contributed by atoms with E-state index >= 15 is 0 Å². The van der Waals surface area contributed by atoms with Crippen LogP contribution in [-0.2, 0) is 16.8 Å². The first-order valence-corrected chi connectivity index (χ1v) is 10.9. The first-order chi connectivity index (χ1) is 16.0. The third-order valence-corrected chi connectivity index (χ3v) is 6.39. The van der Waals surface area contributed by atoms with Crippen molar-refractivity contribution in [3.63, 3.8) is 0 Å². The summed E-state index contributed by atoms with van der Waals surface area (Å²) in [4.78, 5) is 12.8. The van der Waals surface area contributed by atoms with Crippen LogP contribution >= 0.6 is 0 Å². The lowest BCUT2D eigenvalue weighted by molar-refractivity contribution is 0.0359. The molecule has 0 spiro atoms. The molecule has 1 aliphatic rings. The molecule has 1 fully saturated rings. The zero-order chi connectivity index (χ0) is 23.3. The van der Waals surface area contributed by atoms with Crippen molar-refractivity contribution >= 4 is 6.09 Å². The number of ether oxygens (including phenoxy) is 1. The van der Waals surface area contributed by atoms with Crippen molar-refractivity contribution in [1.29, 1.82) is 5.26 Å². The van der Waals surface area contributed by atoms with Gasteiger partial charge in [0.1, 0.15) is 11.9 Å². The van der Waals surface area contributed by atoms with Crippen LogP contribution < -0.4 is 0 Å². The molecule has 1 aliphatic heterocycles. The molecule has 0 aromatic heterocycles. The van der Waals surface area contributed by atoms with E-state index < -0.39 is 11.9 Å². The average Bonchev–Trinajstić information content (AvgIpc) is 2.86. The van der Waals surface area contributed by atoms with Gasteiger partial charge in [0.15, 0.2) is 0 Å². The molecule has 168 valence electrons. The summed E-state index contributed by atoms with van der Waals surface area (Å²) in [5.74, 6) is -0.563. The SMILES string of the molecule is N#Cc1cc(-c2ccccc2)cc(COCC2(c3ccccc3)CCN(C(=O)O)CC2)c1F. The topological polar surface area (TPSA) is 73.6 Å². The van der Waals surface area contributed by atoms with E-state index in [1.807, 2.05) is 66.7 Å². The molecule has 33 heavy (non-hydrogen) atoms. The van der Waals surface area contributed by atoms with Crippen LogP contribution in [0, 0.1) is 17.1 Å². The molecule has 3 aromatic carbocycles. The Balaban J connectivity index is 1.55. The highest BCUT2D eigenvalue weighted by molar-refractivity contribution is 5.66. The Labute approximate surface area is 192 Å². The van der Waals surface area contributed by atoms with Crippen molar-refractivity contribution in [2.24, 2.45) is 0 Å². The van der Waals surface area contributed by atoms with E-state index in [2.05, 4.69) is 0 Å². The highest BCUT2D eigenvalue weighted by Crippen LogP contribution is 2.36. The summed E-state index contributed by atoms with van der Waals surface area (Å²) in [7, 11) is 0. The number of likely N-dealkylation sites (tertiary alicyclic amines) is 1. The average molecular weight is 445 g/mol. The van der Waals surface area contributed by atoms with Crippen LogP contribution in [0.15, 0.2) is 72.8 Å². The molecular weight excluding hydrogens is 419 g/mol. The van der Waals surface area contributed by atoms with E-state index in [0.717, 1.165) is 16.7 Å². The van der Waals surface area contributed by atoms with Crippen LogP contribution in [0.3, 0.4) is 0 Å². The van der Waals surface area contributed by atoms with Gasteiger partial charge in [-0.3, -0.25) is 0 Å². The number of halogens is 1. The molecule has 0 unspecified atom stereocenters. The zero-order valence-electron chi connectivity index (χ0n) is 18.2. The zero-order valence-corrected chi connectivity index (χ0v) is 18.2. The Bertz CT molecular complexity index is 1150. The van der Waals surface area contributed by atoms with Gasteiger partial charge in [0.2, 0.25) is 0 Å². The van der Waals surface area contributed by atoms with Crippen LogP contribution in [0.5, 0.6) is 0 Å². The van der Waals surface area contributed by atoms with Gasteiger partial charge < -0.3 is 14.7 Å². The number of piperidine rings is 1. The van der Waals surface area contributed by atoms with Crippen molar-refractivity contribution in [2.75, 3.05) is 19.7 Å². The van der Waals surface area contributed by atoms with Crippen LogP contribution in [0.2, 0.25) is 0 Å². The molecule has 0 radical (unpaired) electrons. The lowest BCUT2D eigenvalue weighted by Gasteiger charge is -2.41. The molecule has 1 N–H and O–H groups in total. The van der Waals surface area contributed by atoms with Crippen molar-refractivity contribution in [3.05, 3.63) is 95.3 Å². The van der Waals surface area contributed by atoms with Crippen molar-refractivity contribution in [1.82, 2.24) is 4.90 Å². The van der Waals surface area contributed by atoms with Gasteiger partial charge in [-0.05, 0) is 41.7 Å². The van der Waals surface area contributed by atoms with Gasteiger partial charge >= 0.3 is 6.09 Å². The number of nitrogens with zero attached hydrogens (tertiary/aromatic N) is 2. The molecule has 3 aromatic rings. The quantitative estimate of drug-likeness (QED) is 0.538. The number of amides is 1. The second kappa shape index (κ2) is 9.85. The summed E-state index contributed by atoms with van der Waals surface area (Å²) in [6, 6.07) is 24.7. The normalized spacial score (nSPS) is 15.1. The smallest absolute Gasteiger partial charge is 0.407 e. The van der Waals surface area contributed by atoms with Crippen molar-refractivity contribution in [2.45, 2.75) is 24.9 Å².